The maximum atomic E-state index is 11.4. The summed E-state index contributed by atoms with van der Waals surface area (Å²) < 4.78 is 29.0. The second-order valence-electron chi connectivity index (χ2n) is 3.88. The van der Waals surface area contributed by atoms with Crippen LogP contribution in [0.5, 0.6) is 0 Å². The van der Waals surface area contributed by atoms with Crippen LogP contribution in [0.15, 0.2) is 16.7 Å². The Morgan fingerprint density at radius 1 is 1.50 bits per heavy atom. The Balaban J connectivity index is 2.36. The summed E-state index contributed by atoms with van der Waals surface area (Å²) in [7, 11) is -0.268. The number of aromatic carboxylic acids is 1. The number of sulfonamides is 1. The van der Waals surface area contributed by atoms with Crippen LogP contribution in [0, 0.1) is 0 Å². The van der Waals surface area contributed by atoms with Gasteiger partial charge in [-0.25, -0.2) is 17.5 Å². The van der Waals surface area contributed by atoms with Crippen LogP contribution in [-0.2, 0) is 16.6 Å². The third-order valence-corrected chi connectivity index (χ3v) is 4.13. The zero-order valence-corrected chi connectivity index (χ0v) is 11.0. The van der Waals surface area contributed by atoms with Crippen molar-refractivity contribution in [3.8, 4) is 0 Å². The van der Waals surface area contributed by atoms with Gasteiger partial charge in [0, 0.05) is 20.6 Å². The molecule has 0 spiro atoms. The quantitative estimate of drug-likeness (QED) is 0.678. The molecule has 0 saturated heterocycles. The molecule has 0 aliphatic heterocycles. The predicted molar refractivity (Wildman–Crippen MR) is 64.8 cm³/mol. The molecule has 0 aliphatic carbocycles. The van der Waals surface area contributed by atoms with E-state index in [9.17, 15) is 13.2 Å². The first-order chi connectivity index (χ1) is 8.33. The van der Waals surface area contributed by atoms with Gasteiger partial charge in [0.25, 0.3) is 0 Å². The molecule has 7 nitrogen and oxygen atoms in total. The third kappa shape index (κ3) is 4.13. The fraction of sp³-hybridized carbons (Fsp3) is 0.500. The minimum Gasteiger partial charge on any atom is -0.478 e. The largest absolute Gasteiger partial charge is 0.478 e. The van der Waals surface area contributed by atoms with Gasteiger partial charge in [-0.3, -0.25) is 0 Å². The van der Waals surface area contributed by atoms with Gasteiger partial charge in [0.05, 0.1) is 17.9 Å². The van der Waals surface area contributed by atoms with Crippen molar-refractivity contribution in [2.24, 2.45) is 0 Å². The molecule has 1 aromatic heterocycles. The summed E-state index contributed by atoms with van der Waals surface area (Å²) in [5.41, 5.74) is 0.0766. The van der Waals surface area contributed by atoms with Crippen LogP contribution in [0.1, 0.15) is 16.1 Å². The van der Waals surface area contributed by atoms with Crippen molar-refractivity contribution < 1.29 is 22.7 Å². The number of hydrogen-bond donors (Lipinski definition) is 2. The summed E-state index contributed by atoms with van der Waals surface area (Å²) in [6.07, 6.45) is 1.15. The van der Waals surface area contributed by atoms with Gasteiger partial charge >= 0.3 is 5.97 Å². The molecule has 1 heterocycles. The first-order valence-corrected chi connectivity index (χ1v) is 6.85. The van der Waals surface area contributed by atoms with Crippen LogP contribution >= 0.6 is 0 Å². The minimum atomic E-state index is -3.21. The highest BCUT2D eigenvalue weighted by Crippen LogP contribution is 2.07. The first-order valence-electron chi connectivity index (χ1n) is 5.24. The number of furan rings is 1. The second kappa shape index (κ2) is 5.98. The molecule has 0 saturated carbocycles. The molecule has 0 aliphatic rings. The van der Waals surface area contributed by atoms with Gasteiger partial charge < -0.3 is 14.8 Å². The Bertz CT molecular complexity index is 506. The SMILES string of the molecule is CN(C)S(=O)(=O)CCNCc1cc(C(=O)O)co1. The number of nitrogens with one attached hydrogen (secondary N) is 1. The van der Waals surface area contributed by atoms with Crippen molar-refractivity contribution in [1.82, 2.24) is 9.62 Å². The van der Waals surface area contributed by atoms with E-state index in [0.29, 0.717) is 5.76 Å². The predicted octanol–water partition coefficient (Wildman–Crippen LogP) is -0.0412. The molecule has 0 fully saturated rings. The van der Waals surface area contributed by atoms with Gasteiger partial charge in [-0.05, 0) is 6.07 Å². The highest BCUT2D eigenvalue weighted by atomic mass is 32.2. The van der Waals surface area contributed by atoms with Crippen LogP contribution in [0.25, 0.3) is 0 Å². The van der Waals surface area contributed by atoms with E-state index in [2.05, 4.69) is 5.32 Å². The summed E-state index contributed by atoms with van der Waals surface area (Å²) in [5, 5.41) is 11.5. The fourth-order valence-corrected chi connectivity index (χ4v) is 1.95. The lowest BCUT2D eigenvalue weighted by molar-refractivity contribution is 0.0696. The van der Waals surface area contributed by atoms with Crippen LogP contribution in [0.2, 0.25) is 0 Å². The number of rotatable bonds is 7. The maximum absolute atomic E-state index is 11.4. The van der Waals surface area contributed by atoms with Crippen molar-refractivity contribution in [3.63, 3.8) is 0 Å². The van der Waals surface area contributed by atoms with E-state index in [4.69, 9.17) is 9.52 Å². The highest BCUT2D eigenvalue weighted by Gasteiger charge is 2.13. The Kier molecular flexibility index (Phi) is 4.88. The van der Waals surface area contributed by atoms with Crippen molar-refractivity contribution in [3.05, 3.63) is 23.7 Å². The lowest BCUT2D eigenvalue weighted by atomic mass is 10.3. The second-order valence-corrected chi connectivity index (χ2v) is 6.18. The van der Waals surface area contributed by atoms with Gasteiger partial charge in [0.2, 0.25) is 10.0 Å². The molecule has 1 aromatic rings. The van der Waals surface area contributed by atoms with Crippen LogP contribution in [-0.4, -0.2) is 50.2 Å². The third-order valence-electron chi connectivity index (χ3n) is 2.29. The minimum absolute atomic E-state index is 0.0213. The average molecular weight is 276 g/mol. The molecule has 102 valence electrons. The van der Waals surface area contributed by atoms with Crippen molar-refractivity contribution >= 4 is 16.0 Å². The Morgan fingerprint density at radius 2 is 2.17 bits per heavy atom. The number of nitrogens with zero attached hydrogens (tertiary/aromatic N) is 1. The van der Waals surface area contributed by atoms with Gasteiger partial charge in [0.1, 0.15) is 12.0 Å². The highest BCUT2D eigenvalue weighted by molar-refractivity contribution is 7.89. The Hall–Kier alpha value is -1.38. The molecule has 0 amide bonds. The molecule has 8 heteroatoms. The zero-order chi connectivity index (χ0) is 13.8. The lowest BCUT2D eigenvalue weighted by Crippen LogP contribution is -2.30. The molecule has 18 heavy (non-hydrogen) atoms. The first kappa shape index (κ1) is 14.7. The molecule has 0 aromatic carbocycles. The molecule has 2 N–H and O–H groups in total. The molecule has 0 radical (unpaired) electrons. The van der Waals surface area contributed by atoms with Gasteiger partial charge in [-0.1, -0.05) is 0 Å². The van der Waals surface area contributed by atoms with E-state index in [-0.39, 0.29) is 24.4 Å². The summed E-state index contributed by atoms with van der Waals surface area (Å²) in [6, 6.07) is 1.40. The number of carbonyl (C=O) groups is 1. The topological polar surface area (TPSA) is 99.9 Å². The molecule has 0 bridgehead atoms. The standard InChI is InChI=1S/C10H16N2O5S/c1-12(2)18(15,16)4-3-11-6-9-5-8(7-17-9)10(13)14/h5,7,11H,3-4,6H2,1-2H3,(H,13,14). The molecule has 0 unspecified atom stereocenters. The van der Waals surface area contributed by atoms with Crippen LogP contribution < -0.4 is 5.32 Å². The molecular weight excluding hydrogens is 260 g/mol. The maximum Gasteiger partial charge on any atom is 0.338 e. The number of carboxylic acid groups (broad SMARTS) is 1. The van der Waals surface area contributed by atoms with E-state index in [1.165, 1.54) is 20.2 Å². The van der Waals surface area contributed by atoms with E-state index in [0.717, 1.165) is 10.6 Å². The molecule has 0 atom stereocenters. The van der Waals surface area contributed by atoms with Crippen LogP contribution in [0.4, 0.5) is 0 Å². The van der Waals surface area contributed by atoms with Crippen molar-refractivity contribution in [1.29, 1.82) is 0 Å². The smallest absolute Gasteiger partial charge is 0.338 e. The van der Waals surface area contributed by atoms with Gasteiger partial charge in [0.15, 0.2) is 0 Å². The number of carboxylic acids is 1. The van der Waals surface area contributed by atoms with Crippen LogP contribution in [0.3, 0.4) is 0 Å². The fourth-order valence-electron chi connectivity index (χ4n) is 1.18. The van der Waals surface area contributed by atoms with E-state index >= 15 is 0 Å². The van der Waals surface area contributed by atoms with Crippen molar-refractivity contribution in [2.75, 3.05) is 26.4 Å². The Labute approximate surface area is 105 Å². The molecule has 1 rings (SSSR count). The normalized spacial score (nSPS) is 11.9. The Morgan fingerprint density at radius 3 is 2.67 bits per heavy atom. The summed E-state index contributed by atoms with van der Waals surface area (Å²) >= 11 is 0. The van der Waals surface area contributed by atoms with Gasteiger partial charge in [-0.15, -0.1) is 0 Å². The summed E-state index contributed by atoms with van der Waals surface area (Å²) in [4.78, 5) is 10.6. The van der Waals surface area contributed by atoms with Crippen molar-refractivity contribution in [2.45, 2.75) is 6.54 Å². The lowest BCUT2D eigenvalue weighted by Gasteiger charge is -2.10. The monoisotopic (exact) mass is 276 g/mol. The zero-order valence-electron chi connectivity index (χ0n) is 10.2. The van der Waals surface area contributed by atoms with Gasteiger partial charge in [-0.2, -0.15) is 0 Å². The molecular formula is C10H16N2O5S. The van der Waals surface area contributed by atoms with E-state index in [1.54, 1.807) is 0 Å². The summed E-state index contributed by atoms with van der Waals surface area (Å²) in [6.45, 7) is 0.555. The van der Waals surface area contributed by atoms with E-state index < -0.39 is 16.0 Å². The average Bonchev–Trinajstić information content (AvgIpc) is 2.73. The summed E-state index contributed by atoms with van der Waals surface area (Å²) in [5.74, 6) is -0.623. The van der Waals surface area contributed by atoms with E-state index in [1.807, 2.05) is 0 Å². The number of hydrogen-bond acceptors (Lipinski definition) is 5.